The summed E-state index contributed by atoms with van der Waals surface area (Å²) in [7, 11) is -1.36. The van der Waals surface area contributed by atoms with Crippen molar-refractivity contribution < 1.29 is 8.42 Å². The third-order valence-corrected chi connectivity index (χ3v) is 5.62. The van der Waals surface area contributed by atoms with Gasteiger partial charge in [-0.25, -0.2) is 18.4 Å². The van der Waals surface area contributed by atoms with E-state index in [0.29, 0.717) is 17.9 Å². The second kappa shape index (κ2) is 6.49. The van der Waals surface area contributed by atoms with Crippen LogP contribution in [0, 0.1) is 0 Å². The van der Waals surface area contributed by atoms with Crippen molar-refractivity contribution in [3.8, 4) is 0 Å². The molecule has 0 fully saturated rings. The van der Waals surface area contributed by atoms with E-state index in [-0.39, 0.29) is 4.90 Å². The zero-order valence-corrected chi connectivity index (χ0v) is 15.7. The number of aromatic nitrogens is 2. The summed E-state index contributed by atoms with van der Waals surface area (Å²) >= 11 is 3.55. The molecule has 0 N–H and O–H groups in total. The third kappa shape index (κ3) is 3.42. The molecule has 3 rings (SSSR count). The maximum atomic E-state index is 11.8. The molecule has 0 spiro atoms. The summed E-state index contributed by atoms with van der Waals surface area (Å²) < 4.78 is 24.7. The summed E-state index contributed by atoms with van der Waals surface area (Å²) in [5.74, 6) is 0.696. The van der Waals surface area contributed by atoms with Crippen molar-refractivity contribution in [2.24, 2.45) is 0 Å². The maximum Gasteiger partial charge on any atom is 0.175 e. The molecule has 2 aromatic carbocycles. The van der Waals surface area contributed by atoms with Gasteiger partial charge in [-0.2, -0.15) is 0 Å². The number of fused-ring (bicyclic) bond motifs is 1. The molecule has 1 aromatic heterocycles. The van der Waals surface area contributed by atoms with Crippen LogP contribution in [0.25, 0.3) is 10.9 Å². The molecule has 0 saturated carbocycles. The average molecular weight is 406 g/mol. The molecule has 0 amide bonds. The van der Waals surface area contributed by atoms with Crippen LogP contribution in [0.5, 0.6) is 0 Å². The molecule has 0 saturated heterocycles. The number of sulfone groups is 1. The number of hydrogen-bond donors (Lipinski definition) is 0. The molecule has 3 aromatic rings. The molecule has 5 nitrogen and oxygen atoms in total. The first-order valence-electron chi connectivity index (χ1n) is 7.25. The Labute approximate surface area is 149 Å². The first-order chi connectivity index (χ1) is 11.4. The maximum absolute atomic E-state index is 11.8. The molecule has 0 bridgehead atoms. The second-order valence-electron chi connectivity index (χ2n) is 5.60. The molecule has 0 atom stereocenters. The molecular weight excluding hydrogens is 390 g/mol. The Kier molecular flexibility index (Phi) is 4.56. The molecule has 0 aliphatic rings. The SMILES string of the molecule is CN(Cc1ccccc1Br)c1ncnc2ccc(S(C)(=O)=O)cc12. The Morgan fingerprint density at radius 1 is 1.12 bits per heavy atom. The van der Waals surface area contributed by atoms with Crippen LogP contribution in [0.1, 0.15) is 5.56 Å². The van der Waals surface area contributed by atoms with Crippen molar-refractivity contribution in [1.82, 2.24) is 9.97 Å². The lowest BCUT2D eigenvalue weighted by molar-refractivity contribution is 0.602. The Balaban J connectivity index is 2.06. The minimum atomic E-state index is -3.28. The van der Waals surface area contributed by atoms with Gasteiger partial charge in [-0.1, -0.05) is 34.1 Å². The lowest BCUT2D eigenvalue weighted by Gasteiger charge is -2.20. The van der Waals surface area contributed by atoms with Crippen LogP contribution in [0.4, 0.5) is 5.82 Å². The largest absolute Gasteiger partial charge is 0.355 e. The van der Waals surface area contributed by atoms with Gasteiger partial charge in [0.1, 0.15) is 12.1 Å². The van der Waals surface area contributed by atoms with E-state index >= 15 is 0 Å². The normalized spacial score (nSPS) is 11.6. The van der Waals surface area contributed by atoms with Crippen molar-refractivity contribution in [1.29, 1.82) is 0 Å². The summed E-state index contributed by atoms with van der Waals surface area (Å²) in [5, 5.41) is 0.718. The van der Waals surface area contributed by atoms with Gasteiger partial charge in [0.05, 0.1) is 10.4 Å². The highest BCUT2D eigenvalue weighted by Crippen LogP contribution is 2.27. The third-order valence-electron chi connectivity index (χ3n) is 3.74. The van der Waals surface area contributed by atoms with Crippen LogP contribution in [0.15, 0.2) is 58.2 Å². The number of nitrogens with zero attached hydrogens (tertiary/aromatic N) is 3. The molecule has 0 aliphatic carbocycles. The Bertz CT molecular complexity index is 1010. The van der Waals surface area contributed by atoms with Crippen molar-refractivity contribution in [3.63, 3.8) is 0 Å². The van der Waals surface area contributed by atoms with E-state index in [0.717, 1.165) is 15.4 Å². The van der Waals surface area contributed by atoms with Crippen molar-refractivity contribution >= 4 is 42.5 Å². The number of rotatable bonds is 4. The summed E-state index contributed by atoms with van der Waals surface area (Å²) in [6, 6.07) is 12.9. The molecule has 0 radical (unpaired) electrons. The number of anilines is 1. The van der Waals surface area contributed by atoms with E-state index < -0.39 is 9.84 Å². The highest BCUT2D eigenvalue weighted by Gasteiger charge is 2.14. The minimum absolute atomic E-state index is 0.264. The Hall–Kier alpha value is -1.99. The molecule has 0 aliphatic heterocycles. The van der Waals surface area contributed by atoms with E-state index in [9.17, 15) is 8.42 Å². The fourth-order valence-corrected chi connectivity index (χ4v) is 3.57. The lowest BCUT2D eigenvalue weighted by Crippen LogP contribution is -2.18. The quantitative estimate of drug-likeness (QED) is 0.665. The van der Waals surface area contributed by atoms with Gasteiger partial charge < -0.3 is 4.90 Å². The standard InChI is InChI=1S/C17H16BrN3O2S/c1-21(10-12-5-3-4-6-15(12)18)17-14-9-13(24(2,22)23)7-8-16(14)19-11-20-17/h3-9,11H,10H2,1-2H3. The van der Waals surface area contributed by atoms with Gasteiger partial charge in [0, 0.05) is 29.7 Å². The van der Waals surface area contributed by atoms with Gasteiger partial charge in [-0.15, -0.1) is 0 Å². The van der Waals surface area contributed by atoms with E-state index in [4.69, 9.17) is 0 Å². The molecule has 7 heteroatoms. The zero-order valence-electron chi connectivity index (χ0n) is 13.3. The van der Waals surface area contributed by atoms with Crippen LogP contribution < -0.4 is 4.90 Å². The monoisotopic (exact) mass is 405 g/mol. The minimum Gasteiger partial charge on any atom is -0.355 e. The number of hydrogen-bond acceptors (Lipinski definition) is 5. The van der Waals surface area contributed by atoms with Crippen molar-refractivity contribution in [3.05, 3.63) is 58.8 Å². The van der Waals surface area contributed by atoms with E-state index in [2.05, 4.69) is 25.9 Å². The fraction of sp³-hybridized carbons (Fsp3) is 0.176. The molecule has 1 heterocycles. The smallest absolute Gasteiger partial charge is 0.175 e. The number of halogens is 1. The Morgan fingerprint density at radius 3 is 2.58 bits per heavy atom. The summed E-state index contributed by atoms with van der Waals surface area (Å²) in [5.41, 5.74) is 1.83. The van der Waals surface area contributed by atoms with Crippen LogP contribution in [0.2, 0.25) is 0 Å². The first-order valence-corrected chi connectivity index (χ1v) is 9.94. The number of benzene rings is 2. The molecule has 0 unspecified atom stereocenters. The topological polar surface area (TPSA) is 63.2 Å². The van der Waals surface area contributed by atoms with Crippen LogP contribution >= 0.6 is 15.9 Å². The lowest BCUT2D eigenvalue weighted by atomic mass is 10.2. The average Bonchev–Trinajstić information content (AvgIpc) is 2.55. The highest BCUT2D eigenvalue weighted by molar-refractivity contribution is 9.10. The van der Waals surface area contributed by atoms with E-state index in [1.807, 2.05) is 36.2 Å². The zero-order chi connectivity index (χ0) is 17.3. The summed E-state index contributed by atoms with van der Waals surface area (Å²) in [4.78, 5) is 10.8. The van der Waals surface area contributed by atoms with Gasteiger partial charge in [-0.3, -0.25) is 0 Å². The van der Waals surface area contributed by atoms with Crippen LogP contribution in [0.3, 0.4) is 0 Å². The van der Waals surface area contributed by atoms with Crippen LogP contribution in [-0.4, -0.2) is 31.7 Å². The van der Waals surface area contributed by atoms with E-state index in [1.54, 1.807) is 18.2 Å². The first kappa shape index (κ1) is 16.9. The molecule has 124 valence electrons. The highest BCUT2D eigenvalue weighted by atomic mass is 79.9. The Morgan fingerprint density at radius 2 is 1.88 bits per heavy atom. The molecule has 24 heavy (non-hydrogen) atoms. The fourth-order valence-electron chi connectivity index (χ4n) is 2.51. The predicted molar refractivity (Wildman–Crippen MR) is 98.9 cm³/mol. The van der Waals surface area contributed by atoms with E-state index in [1.165, 1.54) is 12.6 Å². The van der Waals surface area contributed by atoms with Gasteiger partial charge in [0.2, 0.25) is 0 Å². The second-order valence-corrected chi connectivity index (χ2v) is 8.47. The van der Waals surface area contributed by atoms with Gasteiger partial charge in [0.25, 0.3) is 0 Å². The van der Waals surface area contributed by atoms with Crippen molar-refractivity contribution in [2.45, 2.75) is 11.4 Å². The summed E-state index contributed by atoms with van der Waals surface area (Å²) in [6.07, 6.45) is 2.69. The van der Waals surface area contributed by atoms with Crippen LogP contribution in [-0.2, 0) is 16.4 Å². The van der Waals surface area contributed by atoms with Gasteiger partial charge in [0.15, 0.2) is 9.84 Å². The predicted octanol–water partition coefficient (Wildman–Crippen LogP) is 3.43. The summed E-state index contributed by atoms with van der Waals surface area (Å²) in [6.45, 7) is 0.636. The van der Waals surface area contributed by atoms with Gasteiger partial charge >= 0.3 is 0 Å². The molecular formula is C17H16BrN3O2S. The van der Waals surface area contributed by atoms with Crippen molar-refractivity contribution in [2.75, 3.05) is 18.2 Å². The van der Waals surface area contributed by atoms with Gasteiger partial charge in [-0.05, 0) is 29.8 Å².